The molecule has 0 fully saturated rings. The minimum Gasteiger partial charge on any atom is -0.388 e. The Balaban J connectivity index is 2.19. The van der Waals surface area contributed by atoms with Gasteiger partial charge in [0.25, 0.3) is 0 Å². The molecule has 21 heavy (non-hydrogen) atoms. The molecule has 108 valence electrons. The second kappa shape index (κ2) is 4.91. The minimum absolute atomic E-state index is 0.0356. The molecule has 1 aliphatic carbocycles. The van der Waals surface area contributed by atoms with Crippen molar-refractivity contribution in [1.82, 2.24) is 4.57 Å². The molecule has 1 aromatic heterocycles. The van der Waals surface area contributed by atoms with Gasteiger partial charge in [-0.1, -0.05) is 25.4 Å². The molecule has 1 unspecified atom stereocenters. The van der Waals surface area contributed by atoms with Gasteiger partial charge in [0.15, 0.2) is 0 Å². The van der Waals surface area contributed by atoms with E-state index in [-0.39, 0.29) is 5.41 Å². The Kier molecular flexibility index (Phi) is 3.32. The van der Waals surface area contributed by atoms with Crippen molar-refractivity contribution in [1.29, 1.82) is 5.26 Å². The molecule has 0 saturated carbocycles. The van der Waals surface area contributed by atoms with Gasteiger partial charge in [0.1, 0.15) is 6.07 Å². The van der Waals surface area contributed by atoms with Crippen LogP contribution in [0.5, 0.6) is 0 Å². The first-order valence-electron chi connectivity index (χ1n) is 6.99. The Labute approximate surface area is 129 Å². The summed E-state index contributed by atoms with van der Waals surface area (Å²) in [6.45, 7) is 4.30. The predicted octanol–water partition coefficient (Wildman–Crippen LogP) is 4.01. The topological polar surface area (TPSA) is 49.0 Å². The second-order valence-electron chi connectivity index (χ2n) is 6.42. The standard InChI is InChI=1S/C17H17ClN2O/c1-17(2)8-15-13(16(21)9-17)5-6-20(15)14-7-12(18)4-3-11(14)10-19/h3-7,16,21H,8-9H2,1-2H3. The van der Waals surface area contributed by atoms with Crippen LogP contribution in [-0.2, 0) is 6.42 Å². The summed E-state index contributed by atoms with van der Waals surface area (Å²) >= 11 is 6.09. The average Bonchev–Trinajstić information content (AvgIpc) is 2.80. The average molecular weight is 301 g/mol. The van der Waals surface area contributed by atoms with E-state index in [9.17, 15) is 10.4 Å². The zero-order chi connectivity index (χ0) is 15.2. The van der Waals surface area contributed by atoms with Gasteiger partial charge in [-0.25, -0.2) is 0 Å². The molecule has 0 saturated heterocycles. The first-order chi connectivity index (χ1) is 9.91. The van der Waals surface area contributed by atoms with Crippen LogP contribution in [0.4, 0.5) is 0 Å². The number of rotatable bonds is 1. The van der Waals surface area contributed by atoms with E-state index < -0.39 is 6.10 Å². The van der Waals surface area contributed by atoms with Gasteiger partial charge < -0.3 is 9.67 Å². The van der Waals surface area contributed by atoms with Crippen molar-refractivity contribution >= 4 is 11.6 Å². The number of fused-ring (bicyclic) bond motifs is 1. The fraction of sp³-hybridized carbons (Fsp3) is 0.353. The van der Waals surface area contributed by atoms with Crippen LogP contribution in [0, 0.1) is 16.7 Å². The summed E-state index contributed by atoms with van der Waals surface area (Å²) in [6.07, 6.45) is 3.09. The zero-order valence-corrected chi connectivity index (χ0v) is 12.9. The molecule has 3 nitrogen and oxygen atoms in total. The lowest BCUT2D eigenvalue weighted by atomic mass is 9.75. The number of aliphatic hydroxyl groups excluding tert-OH is 1. The number of aliphatic hydroxyl groups is 1. The van der Waals surface area contributed by atoms with E-state index in [4.69, 9.17) is 11.6 Å². The maximum absolute atomic E-state index is 10.3. The molecule has 0 radical (unpaired) electrons. The maximum Gasteiger partial charge on any atom is 0.101 e. The Morgan fingerprint density at radius 2 is 2.14 bits per heavy atom. The highest BCUT2D eigenvalue weighted by Crippen LogP contribution is 2.42. The van der Waals surface area contributed by atoms with E-state index in [2.05, 4.69) is 19.9 Å². The molecule has 1 heterocycles. The van der Waals surface area contributed by atoms with Crippen LogP contribution in [0.25, 0.3) is 5.69 Å². The predicted molar refractivity (Wildman–Crippen MR) is 82.6 cm³/mol. The van der Waals surface area contributed by atoms with Crippen LogP contribution < -0.4 is 0 Å². The lowest BCUT2D eigenvalue weighted by molar-refractivity contribution is 0.0987. The van der Waals surface area contributed by atoms with Gasteiger partial charge in [0.05, 0.1) is 17.4 Å². The molecule has 1 aliphatic rings. The molecule has 0 amide bonds. The monoisotopic (exact) mass is 300 g/mol. The Bertz CT molecular complexity index is 740. The highest BCUT2D eigenvalue weighted by molar-refractivity contribution is 6.30. The molecule has 3 rings (SSSR count). The van der Waals surface area contributed by atoms with Crippen molar-refractivity contribution < 1.29 is 5.11 Å². The van der Waals surface area contributed by atoms with E-state index in [0.29, 0.717) is 10.6 Å². The number of nitriles is 1. The lowest BCUT2D eigenvalue weighted by Gasteiger charge is -2.34. The highest BCUT2D eigenvalue weighted by atomic mass is 35.5. The van der Waals surface area contributed by atoms with Crippen molar-refractivity contribution in [2.24, 2.45) is 5.41 Å². The van der Waals surface area contributed by atoms with E-state index in [1.54, 1.807) is 18.2 Å². The Morgan fingerprint density at radius 1 is 1.38 bits per heavy atom. The number of benzene rings is 1. The fourth-order valence-electron chi connectivity index (χ4n) is 3.15. The summed E-state index contributed by atoms with van der Waals surface area (Å²) < 4.78 is 1.99. The SMILES string of the molecule is CC1(C)Cc2c(ccn2-c2cc(Cl)ccc2C#N)C(O)C1. The lowest BCUT2D eigenvalue weighted by Crippen LogP contribution is -2.26. The molecular formula is C17H17ClN2O. The zero-order valence-electron chi connectivity index (χ0n) is 12.1. The number of halogens is 1. The smallest absolute Gasteiger partial charge is 0.101 e. The van der Waals surface area contributed by atoms with E-state index >= 15 is 0 Å². The van der Waals surface area contributed by atoms with Crippen molar-refractivity contribution in [2.45, 2.75) is 32.8 Å². The van der Waals surface area contributed by atoms with Gasteiger partial charge in [-0.15, -0.1) is 0 Å². The van der Waals surface area contributed by atoms with Gasteiger partial charge in [-0.2, -0.15) is 5.26 Å². The number of hydrogen-bond donors (Lipinski definition) is 1. The molecule has 2 aromatic rings. The van der Waals surface area contributed by atoms with Crippen LogP contribution in [0.3, 0.4) is 0 Å². The third kappa shape index (κ3) is 2.46. The minimum atomic E-state index is -0.449. The summed E-state index contributed by atoms with van der Waals surface area (Å²) in [4.78, 5) is 0. The molecule has 1 N–H and O–H groups in total. The molecule has 0 spiro atoms. The highest BCUT2D eigenvalue weighted by Gasteiger charge is 2.33. The third-order valence-electron chi connectivity index (χ3n) is 4.12. The molecule has 1 aromatic carbocycles. The fourth-order valence-corrected chi connectivity index (χ4v) is 3.32. The molecular weight excluding hydrogens is 284 g/mol. The normalized spacial score (nSPS) is 19.9. The van der Waals surface area contributed by atoms with Crippen LogP contribution >= 0.6 is 11.6 Å². The Morgan fingerprint density at radius 3 is 2.86 bits per heavy atom. The van der Waals surface area contributed by atoms with Crippen LogP contribution in [0.2, 0.25) is 5.02 Å². The van der Waals surface area contributed by atoms with Crippen LogP contribution in [0.15, 0.2) is 30.5 Å². The van der Waals surface area contributed by atoms with Crippen LogP contribution in [-0.4, -0.2) is 9.67 Å². The summed E-state index contributed by atoms with van der Waals surface area (Å²) in [5.74, 6) is 0. The molecule has 1 atom stereocenters. The van der Waals surface area contributed by atoms with Crippen molar-refractivity contribution in [3.8, 4) is 11.8 Å². The van der Waals surface area contributed by atoms with Gasteiger partial charge in [-0.05, 0) is 42.5 Å². The van der Waals surface area contributed by atoms with Crippen molar-refractivity contribution in [2.75, 3.05) is 0 Å². The van der Waals surface area contributed by atoms with E-state index in [1.165, 1.54) is 0 Å². The third-order valence-corrected chi connectivity index (χ3v) is 4.35. The van der Waals surface area contributed by atoms with Crippen molar-refractivity contribution in [3.05, 3.63) is 52.3 Å². The van der Waals surface area contributed by atoms with Crippen molar-refractivity contribution in [3.63, 3.8) is 0 Å². The number of nitrogens with zero attached hydrogens (tertiary/aromatic N) is 2. The quantitative estimate of drug-likeness (QED) is 0.865. The van der Waals surface area contributed by atoms with Gasteiger partial charge in [-0.3, -0.25) is 0 Å². The second-order valence-corrected chi connectivity index (χ2v) is 6.86. The van der Waals surface area contributed by atoms with E-state index in [1.807, 2.05) is 16.8 Å². The summed E-state index contributed by atoms with van der Waals surface area (Å²) in [7, 11) is 0. The van der Waals surface area contributed by atoms with E-state index in [0.717, 1.165) is 29.8 Å². The first kappa shape index (κ1) is 14.2. The van der Waals surface area contributed by atoms with Gasteiger partial charge in [0, 0.05) is 22.5 Å². The number of aromatic nitrogens is 1. The first-order valence-corrected chi connectivity index (χ1v) is 7.37. The summed E-state index contributed by atoms with van der Waals surface area (Å²) in [5, 5.41) is 20.2. The summed E-state index contributed by atoms with van der Waals surface area (Å²) in [6, 6.07) is 9.40. The molecule has 4 heteroatoms. The largest absolute Gasteiger partial charge is 0.388 e. The molecule has 0 aliphatic heterocycles. The van der Waals surface area contributed by atoms with Gasteiger partial charge >= 0.3 is 0 Å². The Hall–Kier alpha value is -1.76. The van der Waals surface area contributed by atoms with Gasteiger partial charge in [0.2, 0.25) is 0 Å². The molecule has 0 bridgehead atoms. The summed E-state index contributed by atoms with van der Waals surface area (Å²) in [5.41, 5.74) is 3.41. The van der Waals surface area contributed by atoms with Crippen LogP contribution in [0.1, 0.15) is 43.2 Å². The number of hydrogen-bond acceptors (Lipinski definition) is 2. The maximum atomic E-state index is 10.3.